The van der Waals surface area contributed by atoms with Crippen LogP contribution in [-0.2, 0) is 6.54 Å². The Balaban J connectivity index is 1.49. The first kappa shape index (κ1) is 17.2. The van der Waals surface area contributed by atoms with E-state index in [2.05, 4.69) is 15.3 Å². The smallest absolute Gasteiger partial charge is 0.251 e. The third-order valence-corrected chi connectivity index (χ3v) is 4.51. The lowest BCUT2D eigenvalue weighted by atomic mass is 10.2. The maximum atomic E-state index is 12.5. The van der Waals surface area contributed by atoms with Crippen molar-refractivity contribution in [3.05, 3.63) is 77.3 Å². The minimum Gasteiger partial charge on any atom is -0.497 e. The molecule has 0 bridgehead atoms. The summed E-state index contributed by atoms with van der Waals surface area (Å²) < 4.78 is 7.22. The topological polar surface area (TPSA) is 71.9 Å². The van der Waals surface area contributed by atoms with Gasteiger partial charge >= 0.3 is 0 Å². The van der Waals surface area contributed by atoms with Crippen molar-refractivity contribution >= 4 is 28.5 Å². The minimum atomic E-state index is -0.162. The van der Waals surface area contributed by atoms with Gasteiger partial charge in [-0.1, -0.05) is 0 Å². The third-order valence-electron chi connectivity index (χ3n) is 4.33. The van der Waals surface area contributed by atoms with Crippen molar-refractivity contribution in [2.24, 2.45) is 0 Å². The number of H-pyrrole nitrogens is 1. The lowest BCUT2D eigenvalue weighted by molar-refractivity contribution is 0.0950. The lowest BCUT2D eigenvalue weighted by Crippen LogP contribution is -2.23. The average molecular weight is 381 g/mol. The summed E-state index contributed by atoms with van der Waals surface area (Å²) in [5.74, 6) is 0.639. The summed E-state index contributed by atoms with van der Waals surface area (Å²) in [5, 5.41) is 3.26. The van der Waals surface area contributed by atoms with Gasteiger partial charge in [0.05, 0.1) is 24.7 Å². The summed E-state index contributed by atoms with van der Waals surface area (Å²) in [4.78, 5) is 19.6. The van der Waals surface area contributed by atoms with Gasteiger partial charge in [0.25, 0.3) is 5.91 Å². The molecule has 0 saturated heterocycles. The van der Waals surface area contributed by atoms with Gasteiger partial charge in [-0.25, -0.2) is 4.98 Å². The van der Waals surface area contributed by atoms with Crippen LogP contribution >= 0.6 is 11.6 Å². The Hall–Kier alpha value is -3.25. The van der Waals surface area contributed by atoms with E-state index >= 15 is 0 Å². The van der Waals surface area contributed by atoms with Crippen molar-refractivity contribution in [3.8, 4) is 11.4 Å². The molecule has 2 N–H and O–H groups in total. The van der Waals surface area contributed by atoms with Crippen molar-refractivity contribution in [2.45, 2.75) is 6.54 Å². The van der Waals surface area contributed by atoms with Crippen molar-refractivity contribution in [2.75, 3.05) is 7.11 Å². The number of aromatic nitrogens is 3. The SMILES string of the molecule is COc1ccc(-n2cccc2CNC(=O)c2ccc3nc(Cl)[nH]c3c2)cc1. The van der Waals surface area contributed by atoms with Crippen molar-refractivity contribution in [1.29, 1.82) is 0 Å². The summed E-state index contributed by atoms with van der Waals surface area (Å²) in [6, 6.07) is 16.9. The van der Waals surface area contributed by atoms with E-state index in [4.69, 9.17) is 16.3 Å². The summed E-state index contributed by atoms with van der Waals surface area (Å²) in [6.45, 7) is 0.402. The van der Waals surface area contributed by atoms with Crippen LogP contribution in [0.15, 0.2) is 60.8 Å². The number of halogens is 1. The second-order valence-corrected chi connectivity index (χ2v) is 6.37. The molecule has 0 fully saturated rings. The molecule has 27 heavy (non-hydrogen) atoms. The van der Waals surface area contributed by atoms with E-state index in [-0.39, 0.29) is 5.91 Å². The number of nitrogens with one attached hydrogen (secondary N) is 2. The molecule has 4 rings (SSSR count). The van der Waals surface area contributed by atoms with E-state index in [1.54, 1.807) is 25.3 Å². The highest BCUT2D eigenvalue weighted by Crippen LogP contribution is 2.18. The Morgan fingerprint density at radius 1 is 1.22 bits per heavy atom. The van der Waals surface area contributed by atoms with Crippen LogP contribution in [0.3, 0.4) is 0 Å². The zero-order valence-corrected chi connectivity index (χ0v) is 15.3. The maximum absolute atomic E-state index is 12.5. The van der Waals surface area contributed by atoms with Crippen LogP contribution in [-0.4, -0.2) is 27.6 Å². The van der Waals surface area contributed by atoms with Gasteiger partial charge in [-0.3, -0.25) is 4.79 Å². The van der Waals surface area contributed by atoms with E-state index in [0.29, 0.717) is 17.4 Å². The summed E-state index contributed by atoms with van der Waals surface area (Å²) in [6.07, 6.45) is 1.96. The molecule has 0 spiro atoms. The highest BCUT2D eigenvalue weighted by Gasteiger charge is 2.10. The Kier molecular flexibility index (Phi) is 4.56. The molecule has 4 aromatic rings. The molecule has 0 aliphatic heterocycles. The molecular formula is C20H17ClN4O2. The van der Waals surface area contributed by atoms with Gasteiger partial charge in [-0.15, -0.1) is 0 Å². The molecule has 2 aromatic carbocycles. The third kappa shape index (κ3) is 3.52. The molecular weight excluding hydrogens is 364 g/mol. The largest absolute Gasteiger partial charge is 0.497 e. The number of hydrogen-bond acceptors (Lipinski definition) is 3. The number of methoxy groups -OCH3 is 1. The fraction of sp³-hybridized carbons (Fsp3) is 0.100. The highest BCUT2D eigenvalue weighted by molar-refractivity contribution is 6.29. The molecule has 6 nitrogen and oxygen atoms in total. The van der Waals surface area contributed by atoms with Crippen LogP contribution in [0.4, 0.5) is 0 Å². The molecule has 1 amide bonds. The molecule has 0 radical (unpaired) electrons. The van der Waals surface area contributed by atoms with Gasteiger partial charge in [-0.2, -0.15) is 0 Å². The number of ether oxygens (including phenoxy) is 1. The van der Waals surface area contributed by atoms with Crippen LogP contribution in [0.2, 0.25) is 5.28 Å². The average Bonchev–Trinajstić information content (AvgIpc) is 3.30. The van der Waals surface area contributed by atoms with Crippen LogP contribution in [0.1, 0.15) is 16.1 Å². The zero-order chi connectivity index (χ0) is 18.8. The number of rotatable bonds is 5. The standard InChI is InChI=1S/C20H17ClN4O2/c1-27-16-7-5-14(6-8-16)25-10-2-3-15(25)12-22-19(26)13-4-9-17-18(11-13)24-20(21)23-17/h2-11H,12H2,1H3,(H,22,26)(H,23,24). The Morgan fingerprint density at radius 2 is 2.04 bits per heavy atom. The van der Waals surface area contributed by atoms with Gasteiger partial charge in [0.15, 0.2) is 0 Å². The van der Waals surface area contributed by atoms with Gasteiger partial charge in [-0.05, 0) is 66.2 Å². The van der Waals surface area contributed by atoms with E-state index in [9.17, 15) is 4.79 Å². The number of carbonyl (C=O) groups excluding carboxylic acids is 1. The molecule has 0 saturated carbocycles. The number of fused-ring (bicyclic) bond motifs is 1. The van der Waals surface area contributed by atoms with E-state index in [1.807, 2.05) is 47.2 Å². The predicted molar refractivity (Wildman–Crippen MR) is 105 cm³/mol. The normalized spacial score (nSPS) is 10.9. The first-order valence-electron chi connectivity index (χ1n) is 8.38. The number of imidazole rings is 1. The molecule has 136 valence electrons. The van der Waals surface area contributed by atoms with Crippen LogP contribution in [0, 0.1) is 0 Å². The Bertz CT molecular complexity index is 1100. The number of aromatic amines is 1. The lowest BCUT2D eigenvalue weighted by Gasteiger charge is -2.11. The predicted octanol–water partition coefficient (Wildman–Crippen LogP) is 3.95. The second kappa shape index (κ2) is 7.17. The van der Waals surface area contributed by atoms with E-state index in [1.165, 1.54) is 0 Å². The first-order valence-corrected chi connectivity index (χ1v) is 8.76. The molecule has 0 atom stereocenters. The molecule has 0 unspecified atom stereocenters. The number of hydrogen-bond donors (Lipinski definition) is 2. The summed E-state index contributed by atoms with van der Waals surface area (Å²) in [5.41, 5.74) is 3.97. The molecule has 7 heteroatoms. The monoisotopic (exact) mass is 380 g/mol. The molecule has 2 aromatic heterocycles. The summed E-state index contributed by atoms with van der Waals surface area (Å²) in [7, 11) is 1.64. The Morgan fingerprint density at radius 3 is 2.81 bits per heavy atom. The highest BCUT2D eigenvalue weighted by atomic mass is 35.5. The molecule has 0 aliphatic carbocycles. The van der Waals surface area contributed by atoms with Crippen molar-refractivity contribution in [3.63, 3.8) is 0 Å². The van der Waals surface area contributed by atoms with Gasteiger partial charge in [0.2, 0.25) is 5.28 Å². The van der Waals surface area contributed by atoms with Crippen molar-refractivity contribution in [1.82, 2.24) is 19.9 Å². The van der Waals surface area contributed by atoms with E-state index in [0.717, 1.165) is 28.2 Å². The Labute approximate surface area is 160 Å². The van der Waals surface area contributed by atoms with Gasteiger partial charge in [0.1, 0.15) is 5.75 Å². The first-order chi connectivity index (χ1) is 13.1. The van der Waals surface area contributed by atoms with Crippen LogP contribution < -0.4 is 10.1 Å². The van der Waals surface area contributed by atoms with Gasteiger partial charge in [0, 0.05) is 23.1 Å². The van der Waals surface area contributed by atoms with E-state index < -0.39 is 0 Å². The molecule has 2 heterocycles. The number of carbonyl (C=O) groups is 1. The van der Waals surface area contributed by atoms with Crippen molar-refractivity contribution < 1.29 is 9.53 Å². The minimum absolute atomic E-state index is 0.162. The fourth-order valence-electron chi connectivity index (χ4n) is 2.95. The fourth-order valence-corrected chi connectivity index (χ4v) is 3.14. The zero-order valence-electron chi connectivity index (χ0n) is 14.6. The van der Waals surface area contributed by atoms with Crippen LogP contribution in [0.25, 0.3) is 16.7 Å². The maximum Gasteiger partial charge on any atom is 0.251 e. The number of amides is 1. The second-order valence-electron chi connectivity index (χ2n) is 6.01. The number of nitrogens with zero attached hydrogens (tertiary/aromatic N) is 2. The van der Waals surface area contributed by atoms with Gasteiger partial charge < -0.3 is 19.6 Å². The number of benzene rings is 2. The van der Waals surface area contributed by atoms with Crippen LogP contribution in [0.5, 0.6) is 5.75 Å². The molecule has 0 aliphatic rings. The quantitative estimate of drug-likeness (QED) is 0.550. The summed E-state index contributed by atoms with van der Waals surface area (Å²) >= 11 is 5.86.